The predicted octanol–water partition coefficient (Wildman–Crippen LogP) is 2.60. The fraction of sp³-hybridized carbons (Fsp3) is 0.222. The summed E-state index contributed by atoms with van der Waals surface area (Å²) in [5.74, 6) is 0.674. The van der Waals surface area contributed by atoms with Gasteiger partial charge in [-0.25, -0.2) is 9.78 Å². The molecule has 0 radical (unpaired) electrons. The van der Waals surface area contributed by atoms with E-state index in [0.29, 0.717) is 23.0 Å². The standard InChI is InChI=1S/C18H18N6OS/c1-11-9-13(23(2)22-11)15-19-14-16(20-15)24(18(25)21-17(14)26-3)10-12-7-5-4-6-8-12/h4-9H,10H2,1-3H3,(H,19,20). The van der Waals surface area contributed by atoms with Crippen molar-refractivity contribution in [1.29, 1.82) is 0 Å². The van der Waals surface area contributed by atoms with Crippen molar-refractivity contribution in [2.24, 2.45) is 7.05 Å². The fourth-order valence-corrected chi connectivity index (χ4v) is 3.53. The van der Waals surface area contributed by atoms with Crippen LogP contribution in [0, 0.1) is 6.92 Å². The van der Waals surface area contributed by atoms with Gasteiger partial charge in [0.25, 0.3) is 0 Å². The van der Waals surface area contributed by atoms with Crippen LogP contribution < -0.4 is 5.69 Å². The molecule has 0 atom stereocenters. The number of nitrogens with zero attached hydrogens (tertiary/aromatic N) is 5. The molecule has 0 saturated carbocycles. The Balaban J connectivity index is 1.93. The van der Waals surface area contributed by atoms with Gasteiger partial charge in [-0.3, -0.25) is 9.25 Å². The molecule has 0 saturated heterocycles. The average molecular weight is 366 g/mol. The number of fused-ring (bicyclic) bond motifs is 1. The number of rotatable bonds is 4. The van der Waals surface area contributed by atoms with E-state index in [0.717, 1.165) is 22.5 Å². The Labute approximate surface area is 154 Å². The summed E-state index contributed by atoms with van der Waals surface area (Å²) in [7, 11) is 1.88. The summed E-state index contributed by atoms with van der Waals surface area (Å²) in [6, 6.07) is 11.8. The Morgan fingerprint density at radius 2 is 1.96 bits per heavy atom. The molecule has 3 heterocycles. The molecule has 4 aromatic rings. The molecule has 0 spiro atoms. The van der Waals surface area contributed by atoms with Gasteiger partial charge in [0.15, 0.2) is 11.5 Å². The minimum absolute atomic E-state index is 0.301. The fourth-order valence-electron chi connectivity index (χ4n) is 3.01. The number of hydrogen-bond donors (Lipinski definition) is 1. The van der Waals surface area contributed by atoms with Gasteiger partial charge in [-0.05, 0) is 24.8 Å². The molecule has 0 aliphatic carbocycles. The van der Waals surface area contributed by atoms with Crippen molar-refractivity contribution in [3.8, 4) is 11.5 Å². The SMILES string of the molecule is CSc1nc(=O)n(Cc2ccccc2)c2nc(-c3cc(C)nn3C)[nH]c12. The van der Waals surface area contributed by atoms with Crippen LogP contribution in [0.15, 0.2) is 46.2 Å². The average Bonchev–Trinajstić information content (AvgIpc) is 3.21. The Bertz CT molecular complexity index is 1140. The molecule has 0 aliphatic rings. The zero-order chi connectivity index (χ0) is 18.3. The maximum absolute atomic E-state index is 12.6. The van der Waals surface area contributed by atoms with Crippen molar-refractivity contribution < 1.29 is 0 Å². The second-order valence-electron chi connectivity index (χ2n) is 6.05. The number of hydrogen-bond acceptors (Lipinski definition) is 5. The number of thioether (sulfide) groups is 1. The first kappa shape index (κ1) is 16.6. The molecule has 3 aromatic heterocycles. The molecule has 8 heteroatoms. The van der Waals surface area contributed by atoms with Crippen LogP contribution in [-0.4, -0.2) is 35.6 Å². The third-order valence-corrected chi connectivity index (χ3v) is 4.89. The smallest absolute Gasteiger partial charge is 0.333 e. The van der Waals surface area contributed by atoms with Crippen molar-refractivity contribution in [1.82, 2.24) is 29.3 Å². The van der Waals surface area contributed by atoms with E-state index >= 15 is 0 Å². The van der Waals surface area contributed by atoms with Crippen LogP contribution in [0.25, 0.3) is 22.7 Å². The van der Waals surface area contributed by atoms with Gasteiger partial charge in [0.2, 0.25) is 0 Å². The Morgan fingerprint density at radius 1 is 1.19 bits per heavy atom. The van der Waals surface area contributed by atoms with Crippen LogP contribution in [0.4, 0.5) is 0 Å². The topological polar surface area (TPSA) is 81.4 Å². The van der Waals surface area contributed by atoms with E-state index in [4.69, 9.17) is 4.98 Å². The van der Waals surface area contributed by atoms with E-state index in [9.17, 15) is 4.79 Å². The number of H-pyrrole nitrogens is 1. The molecule has 26 heavy (non-hydrogen) atoms. The van der Waals surface area contributed by atoms with Crippen LogP contribution in [0.2, 0.25) is 0 Å². The van der Waals surface area contributed by atoms with E-state index in [2.05, 4.69) is 15.1 Å². The van der Waals surface area contributed by atoms with Gasteiger partial charge in [0.05, 0.1) is 12.2 Å². The number of benzene rings is 1. The van der Waals surface area contributed by atoms with Gasteiger partial charge in [-0.2, -0.15) is 10.1 Å². The zero-order valence-corrected chi connectivity index (χ0v) is 15.5. The third-order valence-electron chi connectivity index (χ3n) is 4.20. The molecule has 1 aromatic carbocycles. The summed E-state index contributed by atoms with van der Waals surface area (Å²) < 4.78 is 3.38. The van der Waals surface area contributed by atoms with Crippen molar-refractivity contribution >= 4 is 22.9 Å². The summed E-state index contributed by atoms with van der Waals surface area (Å²) in [5.41, 5.74) is 3.87. The lowest BCUT2D eigenvalue weighted by Gasteiger charge is -2.07. The third kappa shape index (κ3) is 2.82. The molecule has 132 valence electrons. The second-order valence-corrected chi connectivity index (χ2v) is 6.85. The largest absolute Gasteiger partial charge is 0.350 e. The predicted molar refractivity (Wildman–Crippen MR) is 102 cm³/mol. The van der Waals surface area contributed by atoms with Crippen LogP contribution in [0.3, 0.4) is 0 Å². The number of aryl methyl sites for hydroxylation is 2. The molecule has 0 fully saturated rings. The summed E-state index contributed by atoms with van der Waals surface area (Å²) in [5, 5.41) is 5.02. The van der Waals surface area contributed by atoms with Crippen LogP contribution in [0.1, 0.15) is 11.3 Å². The molecule has 0 amide bonds. The van der Waals surface area contributed by atoms with E-state index in [-0.39, 0.29) is 5.69 Å². The zero-order valence-electron chi connectivity index (χ0n) is 14.7. The maximum atomic E-state index is 12.6. The van der Waals surface area contributed by atoms with Crippen molar-refractivity contribution in [2.75, 3.05) is 6.26 Å². The van der Waals surface area contributed by atoms with E-state index in [1.54, 1.807) is 9.25 Å². The van der Waals surface area contributed by atoms with Gasteiger partial charge < -0.3 is 4.98 Å². The Morgan fingerprint density at radius 3 is 2.62 bits per heavy atom. The number of aromatic nitrogens is 6. The first-order valence-corrected chi connectivity index (χ1v) is 9.39. The van der Waals surface area contributed by atoms with Gasteiger partial charge in [0.1, 0.15) is 16.2 Å². The molecule has 4 rings (SSSR count). The van der Waals surface area contributed by atoms with Crippen molar-refractivity contribution in [2.45, 2.75) is 18.5 Å². The highest BCUT2D eigenvalue weighted by atomic mass is 32.2. The summed E-state index contributed by atoms with van der Waals surface area (Å²) in [6.07, 6.45) is 1.90. The summed E-state index contributed by atoms with van der Waals surface area (Å²) >= 11 is 1.43. The number of nitrogens with one attached hydrogen (secondary N) is 1. The highest BCUT2D eigenvalue weighted by Gasteiger charge is 2.18. The van der Waals surface area contributed by atoms with Crippen LogP contribution >= 0.6 is 11.8 Å². The molecule has 0 bridgehead atoms. The Kier molecular flexibility index (Phi) is 4.12. The lowest BCUT2D eigenvalue weighted by atomic mass is 10.2. The first-order valence-electron chi connectivity index (χ1n) is 8.16. The lowest BCUT2D eigenvalue weighted by molar-refractivity contribution is 0.738. The number of aromatic amines is 1. The Hall–Kier alpha value is -2.87. The molecule has 0 aliphatic heterocycles. The summed E-state index contributed by atoms with van der Waals surface area (Å²) in [4.78, 5) is 24.9. The molecule has 0 unspecified atom stereocenters. The summed E-state index contributed by atoms with van der Waals surface area (Å²) in [6.45, 7) is 2.36. The monoisotopic (exact) mass is 366 g/mol. The van der Waals surface area contributed by atoms with Gasteiger partial charge in [0, 0.05) is 7.05 Å². The van der Waals surface area contributed by atoms with Crippen molar-refractivity contribution in [3.63, 3.8) is 0 Å². The van der Waals surface area contributed by atoms with E-state index < -0.39 is 0 Å². The molecular formula is C18H18N6OS. The second kappa shape index (κ2) is 6.45. The highest BCUT2D eigenvalue weighted by Crippen LogP contribution is 2.25. The van der Waals surface area contributed by atoms with Gasteiger partial charge in [-0.15, -0.1) is 11.8 Å². The molecular weight excluding hydrogens is 348 g/mol. The van der Waals surface area contributed by atoms with Crippen LogP contribution in [0.5, 0.6) is 0 Å². The minimum atomic E-state index is -0.301. The van der Waals surface area contributed by atoms with Crippen LogP contribution in [-0.2, 0) is 13.6 Å². The quantitative estimate of drug-likeness (QED) is 0.443. The van der Waals surface area contributed by atoms with Crippen molar-refractivity contribution in [3.05, 3.63) is 58.1 Å². The minimum Gasteiger partial charge on any atom is -0.333 e. The van der Waals surface area contributed by atoms with E-state index in [1.807, 2.05) is 56.6 Å². The van der Waals surface area contributed by atoms with Gasteiger partial charge in [-0.1, -0.05) is 30.3 Å². The number of imidazole rings is 1. The van der Waals surface area contributed by atoms with E-state index in [1.165, 1.54) is 11.8 Å². The first-order chi connectivity index (χ1) is 12.6. The maximum Gasteiger partial charge on any atom is 0.350 e. The van der Waals surface area contributed by atoms with Gasteiger partial charge >= 0.3 is 5.69 Å². The molecule has 7 nitrogen and oxygen atoms in total. The highest BCUT2D eigenvalue weighted by molar-refractivity contribution is 7.98. The normalized spacial score (nSPS) is 11.3. The lowest BCUT2D eigenvalue weighted by Crippen LogP contribution is -2.24. The molecule has 1 N–H and O–H groups in total.